The molecular formula is C24H21ClFN5O5. The minimum Gasteiger partial charge on any atom is -0.453 e. The molecule has 0 spiro atoms. The first-order valence-corrected chi connectivity index (χ1v) is 11.2. The fraction of sp³-hybridized carbons (Fsp3) is 0.208. The molecule has 0 aliphatic carbocycles. The molecule has 3 heterocycles. The number of halogens is 2. The van der Waals surface area contributed by atoms with Crippen molar-refractivity contribution in [3.05, 3.63) is 82.4 Å². The molecule has 3 amide bonds. The molecule has 36 heavy (non-hydrogen) atoms. The van der Waals surface area contributed by atoms with Gasteiger partial charge >= 0.3 is 6.09 Å². The Bertz CT molecular complexity index is 1330. The van der Waals surface area contributed by atoms with E-state index in [0.29, 0.717) is 10.7 Å². The summed E-state index contributed by atoms with van der Waals surface area (Å²) in [5.41, 5.74) is 0.120. The smallest absolute Gasteiger partial charge is 0.409 e. The number of hydrogen-bond donors (Lipinski definition) is 1. The highest BCUT2D eigenvalue weighted by molar-refractivity contribution is 6.30. The summed E-state index contributed by atoms with van der Waals surface area (Å²) < 4.78 is 21.3. The van der Waals surface area contributed by atoms with E-state index in [-0.39, 0.29) is 35.3 Å². The average Bonchev–Trinajstić information content (AvgIpc) is 3.35. The van der Waals surface area contributed by atoms with Gasteiger partial charge in [0.2, 0.25) is 5.91 Å². The van der Waals surface area contributed by atoms with Crippen molar-refractivity contribution >= 4 is 41.0 Å². The molecule has 4 rings (SSSR count). The van der Waals surface area contributed by atoms with Crippen molar-refractivity contribution in [1.29, 1.82) is 0 Å². The van der Waals surface area contributed by atoms with Gasteiger partial charge in [0.15, 0.2) is 0 Å². The highest BCUT2D eigenvalue weighted by Gasteiger charge is 2.46. The molecule has 1 saturated heterocycles. The lowest BCUT2D eigenvalue weighted by molar-refractivity contribution is -0.130. The number of benzene rings is 1. The lowest BCUT2D eigenvalue weighted by atomic mass is 9.94. The Balaban J connectivity index is 1.54. The molecule has 12 heteroatoms. The summed E-state index contributed by atoms with van der Waals surface area (Å²) in [4.78, 5) is 55.4. The van der Waals surface area contributed by atoms with Gasteiger partial charge in [0.1, 0.15) is 5.82 Å². The maximum Gasteiger partial charge on any atom is 0.409 e. The molecule has 0 radical (unpaired) electrons. The highest BCUT2D eigenvalue weighted by atomic mass is 35.5. The van der Waals surface area contributed by atoms with Crippen molar-refractivity contribution < 1.29 is 23.6 Å². The predicted octanol–water partition coefficient (Wildman–Crippen LogP) is 3.06. The molecule has 0 saturated carbocycles. The number of carbonyl (C=O) groups excluding carboxylic acids is 3. The number of aromatic nitrogens is 2. The Morgan fingerprint density at radius 1 is 1.08 bits per heavy atom. The van der Waals surface area contributed by atoms with Gasteiger partial charge in [-0.2, -0.15) is 0 Å². The SMILES string of the molecule is COC(=O)N1C[C@H](C(=O)Nc2ccc(Cl)cn2)[C@@H](C(=O)N(F)c2ccc(-n3ccccc3=O)cc2)C1. The number of pyridine rings is 2. The van der Waals surface area contributed by atoms with E-state index in [1.807, 2.05) is 0 Å². The second-order valence-electron chi connectivity index (χ2n) is 7.98. The number of nitrogens with zero attached hydrogens (tertiary/aromatic N) is 4. The van der Waals surface area contributed by atoms with E-state index >= 15 is 4.48 Å². The fourth-order valence-electron chi connectivity index (χ4n) is 3.92. The number of likely N-dealkylation sites (tertiary alicyclic amines) is 1. The van der Waals surface area contributed by atoms with Gasteiger partial charge in [0.25, 0.3) is 11.5 Å². The van der Waals surface area contributed by atoms with Crippen LogP contribution in [-0.2, 0) is 14.3 Å². The Labute approximate surface area is 209 Å². The van der Waals surface area contributed by atoms with Crippen LogP contribution in [0.3, 0.4) is 0 Å². The highest BCUT2D eigenvalue weighted by Crippen LogP contribution is 2.30. The number of methoxy groups -OCH3 is 1. The lowest BCUT2D eigenvalue weighted by Crippen LogP contribution is -2.39. The van der Waals surface area contributed by atoms with Crippen LogP contribution in [0.2, 0.25) is 5.02 Å². The molecule has 2 atom stereocenters. The predicted molar refractivity (Wildman–Crippen MR) is 129 cm³/mol. The molecule has 10 nitrogen and oxygen atoms in total. The zero-order valence-corrected chi connectivity index (χ0v) is 19.8. The zero-order chi connectivity index (χ0) is 25.8. The Kier molecular flexibility index (Phi) is 7.30. The molecule has 1 aromatic carbocycles. The largest absolute Gasteiger partial charge is 0.453 e. The van der Waals surface area contributed by atoms with Crippen LogP contribution < -0.4 is 16.0 Å². The Morgan fingerprint density at radius 3 is 2.44 bits per heavy atom. The van der Waals surface area contributed by atoms with Gasteiger partial charge in [-0.3, -0.25) is 19.0 Å². The van der Waals surface area contributed by atoms with E-state index in [1.54, 1.807) is 18.3 Å². The summed E-state index contributed by atoms with van der Waals surface area (Å²) in [5.74, 6) is -3.67. The number of nitrogens with one attached hydrogen (secondary N) is 1. The van der Waals surface area contributed by atoms with Crippen molar-refractivity contribution in [2.75, 3.05) is 30.6 Å². The Hall–Kier alpha value is -4.25. The van der Waals surface area contributed by atoms with E-state index in [4.69, 9.17) is 16.3 Å². The summed E-state index contributed by atoms with van der Waals surface area (Å²) in [6.45, 7) is -0.359. The molecular weight excluding hydrogens is 493 g/mol. The third-order valence-electron chi connectivity index (χ3n) is 5.76. The van der Waals surface area contributed by atoms with Crippen molar-refractivity contribution in [3.8, 4) is 5.69 Å². The second kappa shape index (κ2) is 10.6. The number of anilines is 2. The number of ether oxygens (including phenoxy) is 1. The topological polar surface area (TPSA) is 114 Å². The van der Waals surface area contributed by atoms with Gasteiger partial charge in [-0.15, -0.1) is 5.12 Å². The summed E-state index contributed by atoms with van der Waals surface area (Å²) in [5, 5.41) is 2.87. The number of hydrogen-bond acceptors (Lipinski definition) is 6. The quantitative estimate of drug-likeness (QED) is 0.524. The number of carbonyl (C=O) groups is 3. The van der Waals surface area contributed by atoms with E-state index in [1.165, 1.54) is 65.2 Å². The fourth-order valence-corrected chi connectivity index (χ4v) is 4.04. The van der Waals surface area contributed by atoms with Crippen LogP contribution in [0.5, 0.6) is 0 Å². The first-order chi connectivity index (χ1) is 17.3. The van der Waals surface area contributed by atoms with Crippen LogP contribution in [0.15, 0.2) is 71.8 Å². The molecule has 1 N–H and O–H groups in total. The molecule has 0 bridgehead atoms. The maximum atomic E-state index is 15.2. The molecule has 2 aromatic heterocycles. The van der Waals surface area contributed by atoms with E-state index in [9.17, 15) is 19.2 Å². The van der Waals surface area contributed by atoms with Crippen LogP contribution in [0.25, 0.3) is 5.69 Å². The van der Waals surface area contributed by atoms with Gasteiger partial charge in [-0.25, -0.2) is 9.78 Å². The maximum absolute atomic E-state index is 15.2. The molecule has 186 valence electrons. The lowest BCUT2D eigenvalue weighted by Gasteiger charge is -2.20. The van der Waals surface area contributed by atoms with Crippen molar-refractivity contribution in [2.45, 2.75) is 0 Å². The van der Waals surface area contributed by atoms with E-state index in [2.05, 4.69) is 10.3 Å². The average molecular weight is 514 g/mol. The number of rotatable bonds is 5. The normalized spacial score (nSPS) is 16.9. The minimum atomic E-state index is -1.18. The first-order valence-electron chi connectivity index (χ1n) is 10.8. The second-order valence-corrected chi connectivity index (χ2v) is 8.42. The summed E-state index contributed by atoms with van der Waals surface area (Å²) in [6, 6.07) is 13.3. The number of amides is 3. The summed E-state index contributed by atoms with van der Waals surface area (Å²) in [6.07, 6.45) is 2.16. The van der Waals surface area contributed by atoms with Crippen LogP contribution in [0.1, 0.15) is 0 Å². The molecule has 1 aliphatic heterocycles. The summed E-state index contributed by atoms with van der Waals surface area (Å²) in [7, 11) is 1.17. The monoisotopic (exact) mass is 513 g/mol. The van der Waals surface area contributed by atoms with E-state index < -0.39 is 29.7 Å². The molecule has 1 aliphatic rings. The van der Waals surface area contributed by atoms with Gasteiger partial charge in [0, 0.05) is 37.2 Å². The van der Waals surface area contributed by atoms with E-state index in [0.717, 1.165) is 0 Å². The van der Waals surface area contributed by atoms with Gasteiger partial charge < -0.3 is 15.0 Å². The van der Waals surface area contributed by atoms with Crippen molar-refractivity contribution in [1.82, 2.24) is 14.5 Å². The van der Waals surface area contributed by atoms with Gasteiger partial charge in [-0.05, 0) is 42.5 Å². The van der Waals surface area contributed by atoms with Crippen LogP contribution in [0.4, 0.5) is 20.8 Å². The molecule has 3 aromatic rings. The van der Waals surface area contributed by atoms with Crippen LogP contribution in [-0.4, -0.2) is 52.6 Å². The van der Waals surface area contributed by atoms with Crippen LogP contribution >= 0.6 is 11.6 Å². The summed E-state index contributed by atoms with van der Waals surface area (Å²) >= 11 is 5.81. The van der Waals surface area contributed by atoms with Crippen molar-refractivity contribution in [2.24, 2.45) is 11.8 Å². The van der Waals surface area contributed by atoms with Crippen LogP contribution in [0, 0.1) is 11.8 Å². The van der Waals surface area contributed by atoms with Gasteiger partial charge in [-0.1, -0.05) is 22.1 Å². The molecule has 1 fully saturated rings. The Morgan fingerprint density at radius 2 is 1.81 bits per heavy atom. The zero-order valence-electron chi connectivity index (χ0n) is 19.0. The molecule has 0 unspecified atom stereocenters. The standard InChI is InChI=1S/C24H21ClFN5O5/c1-36-24(35)29-13-18(22(33)28-20-10-5-15(25)12-27-20)19(14-29)23(34)31(26)17-8-6-16(7-9-17)30-11-3-2-4-21(30)32/h2-12,18-19H,13-14H2,1H3,(H,27,28,33)/t18-,19-/m0/s1. The third-order valence-corrected chi connectivity index (χ3v) is 5.98. The van der Waals surface area contributed by atoms with Gasteiger partial charge in [0.05, 0.1) is 29.7 Å². The first kappa shape index (κ1) is 24.9. The van der Waals surface area contributed by atoms with Crippen molar-refractivity contribution in [3.63, 3.8) is 0 Å². The minimum absolute atomic E-state index is 0.0657. The third kappa shape index (κ3) is 5.20.